The minimum atomic E-state index is -3.77. The third-order valence-corrected chi connectivity index (χ3v) is 10.9. The molecule has 3 aliphatic carbocycles. The lowest BCUT2D eigenvalue weighted by Crippen LogP contribution is -2.56. The number of nitrogens with zero attached hydrogens (tertiary/aromatic N) is 1. The molecule has 0 aromatic carbocycles. The van der Waals surface area contributed by atoms with Crippen molar-refractivity contribution in [3.63, 3.8) is 0 Å². The highest BCUT2D eigenvalue weighted by Crippen LogP contribution is 2.62. The Kier molecular flexibility index (Phi) is 8.17. The van der Waals surface area contributed by atoms with Crippen LogP contribution in [0.2, 0.25) is 0 Å². The molecule has 0 spiro atoms. The second-order valence-corrected chi connectivity index (χ2v) is 14.3. The van der Waals surface area contributed by atoms with Gasteiger partial charge in [0.05, 0.1) is 12.7 Å². The number of pyridine rings is 1. The summed E-state index contributed by atoms with van der Waals surface area (Å²) in [6, 6.07) is 3.08. The van der Waals surface area contributed by atoms with Crippen LogP contribution in [-0.4, -0.2) is 72.6 Å². The van der Waals surface area contributed by atoms with Crippen molar-refractivity contribution in [1.29, 1.82) is 0 Å². The van der Waals surface area contributed by atoms with Crippen LogP contribution in [0.5, 0.6) is 0 Å². The number of allylic oxidation sites excluding steroid dienone is 4. The fourth-order valence-corrected chi connectivity index (χ4v) is 7.84. The van der Waals surface area contributed by atoms with E-state index >= 15 is 0 Å². The third kappa shape index (κ3) is 5.35. The van der Waals surface area contributed by atoms with Crippen LogP contribution < -0.4 is 4.72 Å². The number of aliphatic hydroxyl groups is 3. The van der Waals surface area contributed by atoms with Crippen LogP contribution in [0, 0.1) is 16.7 Å². The van der Waals surface area contributed by atoms with Gasteiger partial charge in [0.1, 0.15) is 23.2 Å². The minimum Gasteiger partial charge on any atom is -0.388 e. The summed E-state index contributed by atoms with van der Waals surface area (Å²) in [4.78, 5) is 4.02. The largest absolute Gasteiger partial charge is 0.388 e. The van der Waals surface area contributed by atoms with Crippen molar-refractivity contribution in [3.05, 3.63) is 59.0 Å². The maximum atomic E-state index is 13.0. The lowest BCUT2D eigenvalue weighted by Gasteiger charge is -2.50. The van der Waals surface area contributed by atoms with Gasteiger partial charge >= 0.3 is 0 Å². The fraction of sp³-hybridized carbons (Fsp3) is 0.633. The smallest absolute Gasteiger partial charge is 0.242 e. The molecule has 1 aromatic rings. The first-order valence-corrected chi connectivity index (χ1v) is 15.7. The Morgan fingerprint density at radius 3 is 2.62 bits per heavy atom. The standard InChI is InChI=1S/C30H42N2O7S/c1-18(2)21-9-10-29(3)11-12-30(4)22(25(21)29)8-7-19(15-32-40(36,37)20-6-5-13-31-16-20)14-24(30)39-28-27(35)26(34)23(33)17-38-28/h5-8,13,16,18,23-24,26-28,32-35H,9-12,14-15,17H2,1-4H3/t23-,24+,26+,27-,28+,29-,30-/m1/s1. The molecule has 1 saturated carbocycles. The molecule has 4 aliphatic rings. The average Bonchev–Trinajstić information content (AvgIpc) is 3.21. The summed E-state index contributed by atoms with van der Waals surface area (Å²) >= 11 is 0. The van der Waals surface area contributed by atoms with E-state index in [1.165, 1.54) is 35.2 Å². The predicted octanol–water partition coefficient (Wildman–Crippen LogP) is 2.99. The second-order valence-electron chi connectivity index (χ2n) is 12.5. The summed E-state index contributed by atoms with van der Waals surface area (Å²) in [5, 5.41) is 31.0. The first-order chi connectivity index (χ1) is 18.9. The van der Waals surface area contributed by atoms with E-state index in [2.05, 4.69) is 43.5 Å². The molecule has 0 amide bonds. The summed E-state index contributed by atoms with van der Waals surface area (Å²) < 4.78 is 40.8. The Bertz CT molecular complexity index is 1310. The molecule has 10 heteroatoms. The Hall–Kier alpha value is -1.92. The molecular formula is C30H42N2O7S. The number of sulfonamides is 1. The van der Waals surface area contributed by atoms with Gasteiger partial charge in [-0.15, -0.1) is 0 Å². The van der Waals surface area contributed by atoms with Crippen LogP contribution in [0.3, 0.4) is 0 Å². The summed E-state index contributed by atoms with van der Waals surface area (Å²) in [7, 11) is -3.77. The molecule has 9 nitrogen and oxygen atoms in total. The SMILES string of the molecule is CC(C)C1=C2C3=CC=C(CNS(=O)(=O)c4cccnc4)C[C@H](O[C@@H]4OC[C@@H](O)[C@H](O)[C@H]4O)[C@]3(C)CC[C@@]2(C)CC1. The number of aliphatic hydroxyl groups excluding tert-OH is 3. The summed E-state index contributed by atoms with van der Waals surface area (Å²) in [6.45, 7) is 8.93. The lowest BCUT2D eigenvalue weighted by atomic mass is 9.57. The molecule has 0 unspecified atom stereocenters. The molecule has 2 heterocycles. The van der Waals surface area contributed by atoms with Crippen molar-refractivity contribution in [3.8, 4) is 0 Å². The van der Waals surface area contributed by atoms with Gasteiger partial charge in [0.15, 0.2) is 6.29 Å². The maximum absolute atomic E-state index is 13.0. The van der Waals surface area contributed by atoms with Crippen molar-refractivity contribution >= 4 is 10.0 Å². The van der Waals surface area contributed by atoms with Crippen molar-refractivity contribution in [1.82, 2.24) is 9.71 Å². The molecule has 5 rings (SSSR count). The van der Waals surface area contributed by atoms with Gasteiger partial charge in [0.25, 0.3) is 0 Å². The van der Waals surface area contributed by atoms with Gasteiger partial charge < -0.3 is 24.8 Å². The van der Waals surface area contributed by atoms with Gasteiger partial charge in [0.2, 0.25) is 10.0 Å². The van der Waals surface area contributed by atoms with Crippen LogP contribution in [0.25, 0.3) is 0 Å². The molecule has 40 heavy (non-hydrogen) atoms. The zero-order valence-corrected chi connectivity index (χ0v) is 24.5. The predicted molar refractivity (Wildman–Crippen MR) is 149 cm³/mol. The monoisotopic (exact) mass is 574 g/mol. The van der Waals surface area contributed by atoms with Crippen molar-refractivity contribution < 1.29 is 33.2 Å². The molecule has 1 saturated heterocycles. The van der Waals surface area contributed by atoms with E-state index in [-0.39, 0.29) is 23.5 Å². The first-order valence-electron chi connectivity index (χ1n) is 14.2. The van der Waals surface area contributed by atoms with Gasteiger partial charge in [0, 0.05) is 24.4 Å². The molecule has 220 valence electrons. The Labute approximate surface area is 237 Å². The fourth-order valence-electron chi connectivity index (χ4n) is 6.84. The quantitative estimate of drug-likeness (QED) is 0.390. The molecule has 1 aliphatic heterocycles. The number of nitrogens with one attached hydrogen (secondary N) is 1. The van der Waals surface area contributed by atoms with Crippen molar-refractivity contribution in [2.45, 2.75) is 95.4 Å². The van der Waals surface area contributed by atoms with Gasteiger partial charge in [-0.25, -0.2) is 13.1 Å². The Balaban J connectivity index is 1.51. The highest BCUT2D eigenvalue weighted by Gasteiger charge is 2.53. The lowest BCUT2D eigenvalue weighted by molar-refractivity contribution is -0.291. The summed E-state index contributed by atoms with van der Waals surface area (Å²) in [6.07, 6.45) is 5.82. The van der Waals surface area contributed by atoms with Crippen LogP contribution in [0.15, 0.2) is 63.9 Å². The van der Waals surface area contributed by atoms with E-state index < -0.39 is 46.1 Å². The van der Waals surface area contributed by atoms with Crippen molar-refractivity contribution in [2.75, 3.05) is 13.2 Å². The number of fused-ring (bicyclic) bond motifs is 3. The molecule has 1 aromatic heterocycles. The normalized spacial score (nSPS) is 36.5. The van der Waals surface area contributed by atoms with Gasteiger partial charge in [-0.05, 0) is 66.7 Å². The van der Waals surface area contributed by atoms with E-state index in [1.54, 1.807) is 6.07 Å². The minimum absolute atomic E-state index is 0.0664. The van der Waals surface area contributed by atoms with Gasteiger partial charge in [-0.3, -0.25) is 4.98 Å². The van der Waals surface area contributed by atoms with Gasteiger partial charge in [-0.1, -0.05) is 51.0 Å². The van der Waals surface area contributed by atoms with E-state index in [4.69, 9.17) is 9.47 Å². The average molecular weight is 575 g/mol. The molecule has 4 N–H and O–H groups in total. The van der Waals surface area contributed by atoms with E-state index in [0.717, 1.165) is 31.3 Å². The molecule has 2 fully saturated rings. The number of hydrogen-bond acceptors (Lipinski definition) is 8. The number of rotatable bonds is 7. The van der Waals surface area contributed by atoms with E-state index in [9.17, 15) is 23.7 Å². The van der Waals surface area contributed by atoms with Gasteiger partial charge in [-0.2, -0.15) is 0 Å². The summed E-state index contributed by atoms with van der Waals surface area (Å²) in [5.74, 6) is 0.401. The van der Waals surface area contributed by atoms with Crippen LogP contribution in [0.1, 0.15) is 59.8 Å². The van der Waals surface area contributed by atoms with Crippen LogP contribution in [0.4, 0.5) is 0 Å². The highest BCUT2D eigenvalue weighted by atomic mass is 32.2. The summed E-state index contributed by atoms with van der Waals surface area (Å²) in [5.41, 5.74) is 4.50. The topological polar surface area (TPSA) is 138 Å². The van der Waals surface area contributed by atoms with E-state index in [0.29, 0.717) is 12.3 Å². The van der Waals surface area contributed by atoms with Crippen LogP contribution in [-0.2, 0) is 19.5 Å². The molecule has 0 bridgehead atoms. The Morgan fingerprint density at radius 1 is 1.15 bits per heavy atom. The van der Waals surface area contributed by atoms with Crippen molar-refractivity contribution in [2.24, 2.45) is 16.7 Å². The first kappa shape index (κ1) is 29.6. The number of hydrogen-bond donors (Lipinski definition) is 4. The van der Waals surface area contributed by atoms with Crippen LogP contribution >= 0.6 is 0 Å². The second kappa shape index (κ2) is 11.1. The molecular weight excluding hydrogens is 532 g/mol. The third-order valence-electron chi connectivity index (χ3n) is 9.48. The highest BCUT2D eigenvalue weighted by molar-refractivity contribution is 7.89. The zero-order valence-electron chi connectivity index (χ0n) is 23.7. The molecule has 0 radical (unpaired) electrons. The number of ether oxygens (including phenoxy) is 2. The Morgan fingerprint density at radius 2 is 1.93 bits per heavy atom. The molecule has 7 atom stereocenters. The maximum Gasteiger partial charge on any atom is 0.242 e. The van der Waals surface area contributed by atoms with E-state index in [1.807, 2.05) is 6.08 Å². The zero-order chi connectivity index (χ0) is 28.9. The number of aromatic nitrogens is 1.